The Labute approximate surface area is 141 Å². The van der Waals surface area contributed by atoms with E-state index in [1.807, 2.05) is 24.3 Å². The first-order chi connectivity index (χ1) is 10.6. The van der Waals surface area contributed by atoms with Crippen LogP contribution in [0.5, 0.6) is 0 Å². The smallest absolute Gasteiger partial charge is 0.256 e. The Morgan fingerprint density at radius 3 is 3.05 bits per heavy atom. The van der Waals surface area contributed by atoms with Crippen molar-refractivity contribution in [3.63, 3.8) is 0 Å². The molecule has 3 N–H and O–H groups in total. The normalized spacial score (nSPS) is 23.3. The Hall–Kier alpha value is -1.37. The number of carbonyl (C=O) groups excluding carboxylic acids is 1. The first-order valence-electron chi connectivity index (χ1n) is 7.40. The molecule has 114 valence electrons. The van der Waals surface area contributed by atoms with Crippen LogP contribution in [0.3, 0.4) is 0 Å². The quantitative estimate of drug-likeness (QED) is 0.709. The van der Waals surface area contributed by atoms with Gasteiger partial charge in [0.2, 0.25) is 0 Å². The largest absolute Gasteiger partial charge is 0.353 e. The molecular formula is C16H17BrN3OS+. The van der Waals surface area contributed by atoms with Gasteiger partial charge in [0.25, 0.3) is 5.91 Å². The third kappa shape index (κ3) is 2.35. The van der Waals surface area contributed by atoms with Gasteiger partial charge in [-0.25, -0.2) is 0 Å². The molecule has 4 nitrogen and oxygen atoms in total. The van der Waals surface area contributed by atoms with Crippen molar-refractivity contribution in [3.8, 4) is 0 Å². The number of carbonyl (C=O) groups is 1. The molecule has 3 heterocycles. The lowest BCUT2D eigenvalue weighted by Crippen LogP contribution is -3.08. The van der Waals surface area contributed by atoms with E-state index in [9.17, 15) is 4.79 Å². The van der Waals surface area contributed by atoms with Crippen LogP contribution >= 0.6 is 27.3 Å². The molecule has 2 aliphatic rings. The minimum Gasteiger partial charge on any atom is -0.353 e. The summed E-state index contributed by atoms with van der Waals surface area (Å²) in [6.45, 7) is 2.11. The molecule has 2 aliphatic heterocycles. The van der Waals surface area contributed by atoms with Crippen molar-refractivity contribution >= 4 is 38.2 Å². The van der Waals surface area contributed by atoms with Gasteiger partial charge in [0.1, 0.15) is 17.7 Å². The fourth-order valence-electron chi connectivity index (χ4n) is 3.19. The zero-order chi connectivity index (χ0) is 15.3. The van der Waals surface area contributed by atoms with Crippen LogP contribution in [-0.4, -0.2) is 19.5 Å². The molecule has 1 aromatic heterocycles. The number of amides is 1. The molecule has 1 amide bonds. The number of thiophene rings is 1. The molecule has 0 aliphatic carbocycles. The molecule has 0 spiro atoms. The van der Waals surface area contributed by atoms with Crippen molar-refractivity contribution < 1.29 is 9.69 Å². The standard InChI is InChI=1S/C16H16BrN3OS/c1-20-6-5-11-12(8-20)22-16-13(11)15(21)18-14(19-16)9-3-2-4-10(17)7-9/h2-4,7,14,19H,5-6,8H2,1H3,(H,18,21)/p+1/t14-/m0/s1. The van der Waals surface area contributed by atoms with Crippen LogP contribution < -0.4 is 15.5 Å². The fraction of sp³-hybridized carbons (Fsp3) is 0.312. The van der Waals surface area contributed by atoms with Crippen molar-refractivity contribution in [1.82, 2.24) is 5.32 Å². The minimum absolute atomic E-state index is 0.0516. The summed E-state index contributed by atoms with van der Waals surface area (Å²) in [5.41, 5.74) is 3.18. The molecule has 0 fully saturated rings. The monoisotopic (exact) mass is 378 g/mol. The summed E-state index contributed by atoms with van der Waals surface area (Å²) in [4.78, 5) is 15.5. The number of halogens is 1. The number of anilines is 1. The maximum atomic E-state index is 12.6. The average molecular weight is 379 g/mol. The topological polar surface area (TPSA) is 45.6 Å². The highest BCUT2D eigenvalue weighted by molar-refractivity contribution is 9.10. The summed E-state index contributed by atoms with van der Waals surface area (Å²) in [7, 11) is 2.21. The van der Waals surface area contributed by atoms with Gasteiger partial charge in [-0.2, -0.15) is 0 Å². The molecule has 4 rings (SSSR count). The lowest BCUT2D eigenvalue weighted by atomic mass is 10.0. The van der Waals surface area contributed by atoms with Gasteiger partial charge in [0.05, 0.1) is 24.0 Å². The van der Waals surface area contributed by atoms with E-state index < -0.39 is 0 Å². The highest BCUT2D eigenvalue weighted by Crippen LogP contribution is 2.39. The van der Waals surface area contributed by atoms with Gasteiger partial charge >= 0.3 is 0 Å². The highest BCUT2D eigenvalue weighted by Gasteiger charge is 2.33. The van der Waals surface area contributed by atoms with E-state index in [4.69, 9.17) is 0 Å². The van der Waals surface area contributed by atoms with E-state index in [0.717, 1.165) is 40.1 Å². The van der Waals surface area contributed by atoms with Crippen LogP contribution in [0.15, 0.2) is 28.7 Å². The van der Waals surface area contributed by atoms with E-state index in [-0.39, 0.29) is 12.1 Å². The molecule has 0 saturated heterocycles. The lowest BCUT2D eigenvalue weighted by molar-refractivity contribution is -0.895. The second-order valence-electron chi connectivity index (χ2n) is 5.95. The summed E-state index contributed by atoms with van der Waals surface area (Å²) >= 11 is 5.23. The Kier molecular flexibility index (Phi) is 3.47. The van der Waals surface area contributed by atoms with E-state index >= 15 is 0 Å². The third-order valence-electron chi connectivity index (χ3n) is 4.31. The van der Waals surface area contributed by atoms with Gasteiger partial charge < -0.3 is 15.5 Å². The van der Waals surface area contributed by atoms with E-state index in [1.165, 1.54) is 15.3 Å². The van der Waals surface area contributed by atoms with Crippen LogP contribution in [0.1, 0.15) is 32.5 Å². The van der Waals surface area contributed by atoms with Crippen LogP contribution in [0.2, 0.25) is 0 Å². The maximum absolute atomic E-state index is 12.6. The summed E-state index contributed by atoms with van der Waals surface area (Å²) in [5, 5.41) is 7.61. The number of fused-ring (bicyclic) bond motifs is 3. The highest BCUT2D eigenvalue weighted by atomic mass is 79.9. The Balaban J connectivity index is 1.71. The van der Waals surface area contributed by atoms with Gasteiger partial charge in [-0.15, -0.1) is 11.3 Å². The fourth-order valence-corrected chi connectivity index (χ4v) is 4.99. The number of hydrogen-bond acceptors (Lipinski definition) is 3. The van der Waals surface area contributed by atoms with Gasteiger partial charge in [0, 0.05) is 10.9 Å². The van der Waals surface area contributed by atoms with E-state index in [1.54, 1.807) is 11.3 Å². The first-order valence-corrected chi connectivity index (χ1v) is 9.01. The molecule has 2 atom stereocenters. The number of benzene rings is 1. The van der Waals surface area contributed by atoms with Crippen LogP contribution in [-0.2, 0) is 13.0 Å². The van der Waals surface area contributed by atoms with Crippen molar-refractivity contribution in [3.05, 3.63) is 50.3 Å². The predicted octanol–water partition coefficient (Wildman–Crippen LogP) is 1.94. The maximum Gasteiger partial charge on any atom is 0.256 e. The van der Waals surface area contributed by atoms with Crippen LogP contribution in [0, 0.1) is 0 Å². The molecule has 1 aromatic carbocycles. The molecule has 2 aromatic rings. The summed E-state index contributed by atoms with van der Waals surface area (Å²) in [6.07, 6.45) is 0.826. The Bertz CT molecular complexity index is 758. The van der Waals surface area contributed by atoms with Gasteiger partial charge in [-0.1, -0.05) is 28.1 Å². The summed E-state index contributed by atoms with van der Waals surface area (Å²) in [5.74, 6) is 0.0516. The van der Waals surface area contributed by atoms with Gasteiger partial charge in [-0.3, -0.25) is 4.79 Å². The van der Waals surface area contributed by atoms with Gasteiger partial charge in [0.15, 0.2) is 0 Å². The van der Waals surface area contributed by atoms with Crippen molar-refractivity contribution in [2.45, 2.75) is 19.1 Å². The molecule has 0 radical (unpaired) electrons. The zero-order valence-electron chi connectivity index (χ0n) is 12.2. The number of likely N-dealkylation sites (N-methyl/N-ethyl adjacent to an activating group) is 1. The number of quaternary nitrogens is 1. The van der Waals surface area contributed by atoms with Crippen molar-refractivity contribution in [1.29, 1.82) is 0 Å². The predicted molar refractivity (Wildman–Crippen MR) is 91.5 cm³/mol. The van der Waals surface area contributed by atoms with E-state index in [0.29, 0.717) is 0 Å². The molecule has 0 bridgehead atoms. The summed E-state index contributed by atoms with van der Waals surface area (Å²) in [6, 6.07) is 8.04. The number of hydrogen-bond donors (Lipinski definition) is 3. The Morgan fingerprint density at radius 1 is 1.36 bits per heavy atom. The minimum atomic E-state index is -0.164. The van der Waals surface area contributed by atoms with Crippen LogP contribution in [0.25, 0.3) is 0 Å². The van der Waals surface area contributed by atoms with Crippen molar-refractivity contribution in [2.75, 3.05) is 18.9 Å². The van der Waals surface area contributed by atoms with Crippen LogP contribution in [0.4, 0.5) is 5.00 Å². The van der Waals surface area contributed by atoms with E-state index in [2.05, 4.69) is 33.6 Å². The number of nitrogens with one attached hydrogen (secondary N) is 3. The molecule has 22 heavy (non-hydrogen) atoms. The second kappa shape index (κ2) is 5.37. The SMILES string of the molecule is C[NH+]1CCc2c(sc3c2C(=O)N[C@H](c2cccc(Br)c2)N3)C1. The average Bonchev–Trinajstić information content (AvgIpc) is 2.84. The third-order valence-corrected chi connectivity index (χ3v) is 5.97. The molecule has 0 saturated carbocycles. The summed E-state index contributed by atoms with van der Waals surface area (Å²) < 4.78 is 1.02. The molecule has 1 unspecified atom stereocenters. The zero-order valence-corrected chi connectivity index (χ0v) is 14.6. The first kappa shape index (κ1) is 14.2. The van der Waals surface area contributed by atoms with Gasteiger partial charge in [-0.05, 0) is 23.3 Å². The Morgan fingerprint density at radius 2 is 2.23 bits per heavy atom. The van der Waals surface area contributed by atoms with Crippen molar-refractivity contribution in [2.24, 2.45) is 0 Å². The molecule has 6 heteroatoms. The number of rotatable bonds is 1. The second-order valence-corrected chi connectivity index (χ2v) is 7.97. The molecular weight excluding hydrogens is 362 g/mol. The lowest BCUT2D eigenvalue weighted by Gasteiger charge is -2.27.